The zero-order valence-electron chi connectivity index (χ0n) is 13.5. The van der Waals surface area contributed by atoms with Crippen molar-refractivity contribution in [2.75, 3.05) is 19.0 Å². The highest BCUT2D eigenvalue weighted by molar-refractivity contribution is 5.94. The van der Waals surface area contributed by atoms with Crippen molar-refractivity contribution in [3.63, 3.8) is 0 Å². The Morgan fingerprint density at radius 1 is 1.33 bits per heavy atom. The summed E-state index contributed by atoms with van der Waals surface area (Å²) in [5.41, 5.74) is 1.54. The number of nitrogens with zero attached hydrogens (tertiary/aromatic N) is 1. The van der Waals surface area contributed by atoms with Crippen LogP contribution in [0, 0.1) is 5.82 Å². The van der Waals surface area contributed by atoms with Crippen molar-refractivity contribution in [2.45, 2.75) is 25.3 Å². The Kier molecular flexibility index (Phi) is 4.93. The minimum Gasteiger partial charge on any atom is -0.494 e. The molecule has 0 aliphatic heterocycles. The number of aromatic nitrogens is 1. The first kappa shape index (κ1) is 16.2. The van der Waals surface area contributed by atoms with E-state index in [1.54, 1.807) is 30.5 Å². The number of pyridine rings is 1. The SMILES string of the molecule is COc1cc(CCNc2ccc(C(=O)NC3CC3)cn2)ccc1F. The van der Waals surface area contributed by atoms with E-state index in [1.807, 2.05) is 0 Å². The second kappa shape index (κ2) is 7.29. The zero-order chi connectivity index (χ0) is 16.9. The fourth-order valence-corrected chi connectivity index (χ4v) is 2.32. The molecular formula is C18H20FN3O2. The average Bonchev–Trinajstić information content (AvgIpc) is 3.41. The Labute approximate surface area is 140 Å². The molecule has 2 aromatic rings. The highest BCUT2D eigenvalue weighted by Gasteiger charge is 2.23. The molecule has 1 fully saturated rings. The molecule has 24 heavy (non-hydrogen) atoms. The van der Waals surface area contributed by atoms with Gasteiger partial charge in [-0.05, 0) is 49.1 Å². The summed E-state index contributed by atoms with van der Waals surface area (Å²) in [5.74, 6) is 0.509. The minimum atomic E-state index is -0.365. The third kappa shape index (κ3) is 4.22. The van der Waals surface area contributed by atoms with Gasteiger partial charge in [0, 0.05) is 18.8 Å². The highest BCUT2D eigenvalue weighted by Crippen LogP contribution is 2.20. The van der Waals surface area contributed by atoms with Crippen molar-refractivity contribution in [3.05, 3.63) is 53.5 Å². The van der Waals surface area contributed by atoms with Gasteiger partial charge in [-0.2, -0.15) is 0 Å². The number of nitrogens with one attached hydrogen (secondary N) is 2. The number of ether oxygens (including phenoxy) is 1. The Balaban J connectivity index is 1.50. The van der Waals surface area contributed by atoms with Crippen LogP contribution in [0.5, 0.6) is 5.75 Å². The number of halogens is 1. The Morgan fingerprint density at radius 3 is 2.83 bits per heavy atom. The molecule has 126 valence electrons. The third-order valence-electron chi connectivity index (χ3n) is 3.87. The zero-order valence-corrected chi connectivity index (χ0v) is 13.5. The van der Waals surface area contributed by atoms with E-state index in [0.29, 0.717) is 30.4 Å². The molecule has 0 atom stereocenters. The van der Waals surface area contributed by atoms with Crippen molar-refractivity contribution < 1.29 is 13.9 Å². The number of amides is 1. The van der Waals surface area contributed by atoms with Gasteiger partial charge in [0.2, 0.25) is 0 Å². The molecule has 1 aromatic heterocycles. The van der Waals surface area contributed by atoms with Gasteiger partial charge in [0.15, 0.2) is 11.6 Å². The molecule has 1 aliphatic carbocycles. The lowest BCUT2D eigenvalue weighted by molar-refractivity contribution is 0.0950. The molecule has 0 saturated heterocycles. The van der Waals surface area contributed by atoms with Crippen molar-refractivity contribution in [3.8, 4) is 5.75 Å². The van der Waals surface area contributed by atoms with Crippen molar-refractivity contribution in [2.24, 2.45) is 0 Å². The lowest BCUT2D eigenvalue weighted by Crippen LogP contribution is -2.25. The first-order valence-corrected chi connectivity index (χ1v) is 7.99. The van der Waals surface area contributed by atoms with Crippen LogP contribution in [0.2, 0.25) is 0 Å². The topological polar surface area (TPSA) is 63.2 Å². The van der Waals surface area contributed by atoms with E-state index in [1.165, 1.54) is 13.2 Å². The van der Waals surface area contributed by atoms with Gasteiger partial charge in [-0.15, -0.1) is 0 Å². The number of hydrogen-bond acceptors (Lipinski definition) is 4. The van der Waals surface area contributed by atoms with Gasteiger partial charge >= 0.3 is 0 Å². The van der Waals surface area contributed by atoms with Crippen LogP contribution in [0.1, 0.15) is 28.8 Å². The van der Waals surface area contributed by atoms with Gasteiger partial charge in [0.05, 0.1) is 12.7 Å². The molecule has 0 spiro atoms. The second-order valence-corrected chi connectivity index (χ2v) is 5.83. The van der Waals surface area contributed by atoms with Crippen LogP contribution in [-0.4, -0.2) is 30.6 Å². The molecule has 1 aromatic carbocycles. The van der Waals surface area contributed by atoms with E-state index in [2.05, 4.69) is 15.6 Å². The molecular weight excluding hydrogens is 309 g/mol. The van der Waals surface area contributed by atoms with E-state index >= 15 is 0 Å². The first-order chi connectivity index (χ1) is 11.7. The maximum absolute atomic E-state index is 13.4. The first-order valence-electron chi connectivity index (χ1n) is 7.99. The van der Waals surface area contributed by atoms with E-state index in [4.69, 9.17) is 4.74 Å². The average molecular weight is 329 g/mol. The fraction of sp³-hybridized carbons (Fsp3) is 0.333. The summed E-state index contributed by atoms with van der Waals surface area (Å²) in [5, 5.41) is 6.11. The van der Waals surface area contributed by atoms with Crippen LogP contribution in [0.4, 0.5) is 10.2 Å². The van der Waals surface area contributed by atoms with Crippen LogP contribution in [0.15, 0.2) is 36.5 Å². The van der Waals surface area contributed by atoms with Crippen LogP contribution in [-0.2, 0) is 6.42 Å². The number of carbonyl (C=O) groups is 1. The third-order valence-corrected chi connectivity index (χ3v) is 3.87. The predicted octanol–water partition coefficient (Wildman–Crippen LogP) is 2.78. The molecule has 5 nitrogen and oxygen atoms in total. The molecule has 1 aliphatic rings. The molecule has 6 heteroatoms. The van der Waals surface area contributed by atoms with Gasteiger partial charge in [-0.3, -0.25) is 4.79 Å². The Bertz CT molecular complexity index is 715. The Hall–Kier alpha value is -2.63. The normalized spacial score (nSPS) is 13.4. The lowest BCUT2D eigenvalue weighted by Gasteiger charge is -2.08. The molecule has 2 N–H and O–H groups in total. The Morgan fingerprint density at radius 2 is 2.17 bits per heavy atom. The molecule has 1 saturated carbocycles. The van der Waals surface area contributed by atoms with Crippen LogP contribution in [0.3, 0.4) is 0 Å². The van der Waals surface area contributed by atoms with Crippen molar-refractivity contribution in [1.29, 1.82) is 0 Å². The quantitative estimate of drug-likeness (QED) is 0.820. The monoisotopic (exact) mass is 329 g/mol. The minimum absolute atomic E-state index is 0.0741. The van der Waals surface area contributed by atoms with E-state index in [0.717, 1.165) is 18.4 Å². The smallest absolute Gasteiger partial charge is 0.253 e. The summed E-state index contributed by atoms with van der Waals surface area (Å²) in [6.45, 7) is 0.648. The van der Waals surface area contributed by atoms with Crippen LogP contribution in [0.25, 0.3) is 0 Å². The standard InChI is InChI=1S/C18H20FN3O2/c1-24-16-10-12(2-6-15(16)19)8-9-20-17-7-3-13(11-21-17)18(23)22-14-4-5-14/h2-3,6-7,10-11,14H,4-5,8-9H2,1H3,(H,20,21)(H,22,23). The number of methoxy groups -OCH3 is 1. The van der Waals surface area contributed by atoms with E-state index < -0.39 is 0 Å². The van der Waals surface area contributed by atoms with Crippen molar-refractivity contribution >= 4 is 11.7 Å². The van der Waals surface area contributed by atoms with E-state index in [9.17, 15) is 9.18 Å². The largest absolute Gasteiger partial charge is 0.494 e. The maximum atomic E-state index is 13.4. The summed E-state index contributed by atoms with van der Waals surface area (Å²) in [4.78, 5) is 16.1. The molecule has 1 heterocycles. The summed E-state index contributed by atoms with van der Waals surface area (Å²) >= 11 is 0. The fourth-order valence-electron chi connectivity index (χ4n) is 2.32. The number of carbonyl (C=O) groups excluding carboxylic acids is 1. The van der Waals surface area contributed by atoms with Crippen LogP contribution >= 0.6 is 0 Å². The van der Waals surface area contributed by atoms with Gasteiger partial charge in [-0.25, -0.2) is 9.37 Å². The molecule has 0 unspecified atom stereocenters. The molecule has 0 bridgehead atoms. The highest BCUT2D eigenvalue weighted by atomic mass is 19.1. The maximum Gasteiger partial charge on any atom is 0.253 e. The number of rotatable bonds is 7. The lowest BCUT2D eigenvalue weighted by atomic mass is 10.1. The molecule has 3 rings (SSSR count). The van der Waals surface area contributed by atoms with Gasteiger partial charge in [0.25, 0.3) is 5.91 Å². The van der Waals surface area contributed by atoms with Gasteiger partial charge in [-0.1, -0.05) is 6.07 Å². The molecule has 1 amide bonds. The van der Waals surface area contributed by atoms with Crippen LogP contribution < -0.4 is 15.4 Å². The van der Waals surface area contributed by atoms with Gasteiger partial charge in [0.1, 0.15) is 5.82 Å². The number of benzene rings is 1. The second-order valence-electron chi connectivity index (χ2n) is 5.83. The van der Waals surface area contributed by atoms with Gasteiger partial charge < -0.3 is 15.4 Å². The summed E-state index contributed by atoms with van der Waals surface area (Å²) < 4.78 is 18.3. The predicted molar refractivity (Wildman–Crippen MR) is 89.9 cm³/mol. The summed E-state index contributed by atoms with van der Waals surface area (Å²) in [6.07, 6.45) is 4.41. The summed E-state index contributed by atoms with van der Waals surface area (Å²) in [7, 11) is 1.45. The number of hydrogen-bond donors (Lipinski definition) is 2. The summed E-state index contributed by atoms with van der Waals surface area (Å²) in [6, 6.07) is 8.71. The van der Waals surface area contributed by atoms with Crippen molar-refractivity contribution in [1.82, 2.24) is 10.3 Å². The van der Waals surface area contributed by atoms with E-state index in [-0.39, 0.29) is 17.5 Å². The molecule has 0 radical (unpaired) electrons. The number of anilines is 1.